The van der Waals surface area contributed by atoms with E-state index in [1.54, 1.807) is 0 Å². The van der Waals surface area contributed by atoms with Crippen molar-refractivity contribution < 1.29 is 14.1 Å². The number of aromatic nitrogens is 2. The third-order valence-electron chi connectivity index (χ3n) is 3.36. The first kappa shape index (κ1) is 9.96. The summed E-state index contributed by atoms with van der Waals surface area (Å²) < 4.78 is 10.5. The van der Waals surface area contributed by atoms with Crippen molar-refractivity contribution in [1.82, 2.24) is 10.1 Å². The number of Topliss-reactive ketones (excluding diaryl/α,β-unsaturated/α-hetero) is 1. The van der Waals surface area contributed by atoms with E-state index < -0.39 is 0 Å². The van der Waals surface area contributed by atoms with Gasteiger partial charge in [-0.25, -0.2) is 0 Å². The summed E-state index contributed by atoms with van der Waals surface area (Å²) in [4.78, 5) is 15.9. The molecule has 0 amide bonds. The van der Waals surface area contributed by atoms with E-state index in [2.05, 4.69) is 10.1 Å². The topological polar surface area (TPSA) is 65.2 Å². The first-order valence-corrected chi connectivity index (χ1v) is 5.78. The van der Waals surface area contributed by atoms with Crippen LogP contribution in [0.5, 0.6) is 0 Å². The summed E-state index contributed by atoms with van der Waals surface area (Å²) >= 11 is 0. The predicted molar refractivity (Wildman–Crippen MR) is 54.1 cm³/mol. The van der Waals surface area contributed by atoms with Crippen LogP contribution in [0.3, 0.4) is 0 Å². The van der Waals surface area contributed by atoms with Gasteiger partial charge < -0.3 is 9.26 Å². The molecule has 0 N–H and O–H groups in total. The summed E-state index contributed by atoms with van der Waals surface area (Å²) in [6.07, 6.45) is 3.38. The number of hydrogen-bond acceptors (Lipinski definition) is 5. The molecule has 1 aliphatic carbocycles. The van der Waals surface area contributed by atoms with Crippen molar-refractivity contribution in [3.63, 3.8) is 0 Å². The molecule has 1 aliphatic heterocycles. The second kappa shape index (κ2) is 3.97. The van der Waals surface area contributed by atoms with Gasteiger partial charge in [0.05, 0.1) is 12.5 Å². The Morgan fingerprint density at radius 3 is 2.94 bits per heavy atom. The van der Waals surface area contributed by atoms with Crippen molar-refractivity contribution in [2.24, 2.45) is 0 Å². The van der Waals surface area contributed by atoms with Crippen LogP contribution in [0.2, 0.25) is 0 Å². The summed E-state index contributed by atoms with van der Waals surface area (Å²) in [5, 5.41) is 3.96. The molecule has 0 aromatic carbocycles. The van der Waals surface area contributed by atoms with Crippen LogP contribution in [0, 0.1) is 0 Å². The van der Waals surface area contributed by atoms with E-state index in [4.69, 9.17) is 9.26 Å². The zero-order valence-electron chi connectivity index (χ0n) is 9.02. The van der Waals surface area contributed by atoms with Gasteiger partial charge in [0.2, 0.25) is 5.89 Å². The molecule has 0 spiro atoms. The van der Waals surface area contributed by atoms with Crippen LogP contribution in [0.15, 0.2) is 4.52 Å². The molecule has 5 heteroatoms. The fraction of sp³-hybridized carbons (Fsp3) is 0.727. The maximum Gasteiger partial charge on any atom is 0.237 e. The van der Waals surface area contributed by atoms with Gasteiger partial charge in [0.15, 0.2) is 5.82 Å². The van der Waals surface area contributed by atoms with E-state index in [-0.39, 0.29) is 17.6 Å². The number of carbonyl (C=O) groups is 1. The number of rotatable bonds is 2. The summed E-state index contributed by atoms with van der Waals surface area (Å²) in [5.74, 6) is 1.53. The Morgan fingerprint density at radius 2 is 2.25 bits per heavy atom. The second-order valence-corrected chi connectivity index (χ2v) is 4.46. The van der Waals surface area contributed by atoms with E-state index in [0.29, 0.717) is 24.7 Å². The number of carbonyl (C=O) groups excluding carboxylic acids is 1. The highest BCUT2D eigenvalue weighted by Gasteiger charge is 2.32. The van der Waals surface area contributed by atoms with Crippen molar-refractivity contribution in [3.05, 3.63) is 11.7 Å². The smallest absolute Gasteiger partial charge is 0.237 e. The molecular formula is C11H14N2O3. The summed E-state index contributed by atoms with van der Waals surface area (Å²) in [5.41, 5.74) is 0. The van der Waals surface area contributed by atoms with Gasteiger partial charge in [0, 0.05) is 18.9 Å². The van der Waals surface area contributed by atoms with Crippen LogP contribution < -0.4 is 0 Å². The first-order chi connectivity index (χ1) is 7.84. The number of nitrogens with zero attached hydrogens (tertiary/aromatic N) is 2. The average molecular weight is 222 g/mol. The Balaban J connectivity index is 1.79. The van der Waals surface area contributed by atoms with E-state index in [9.17, 15) is 4.79 Å². The zero-order valence-corrected chi connectivity index (χ0v) is 9.02. The molecule has 2 heterocycles. The molecule has 2 fully saturated rings. The fourth-order valence-corrected chi connectivity index (χ4v) is 2.37. The molecule has 2 aliphatic rings. The van der Waals surface area contributed by atoms with Crippen molar-refractivity contribution in [2.45, 2.75) is 37.5 Å². The van der Waals surface area contributed by atoms with Gasteiger partial charge in [-0.3, -0.25) is 4.79 Å². The van der Waals surface area contributed by atoms with Crippen molar-refractivity contribution in [3.8, 4) is 0 Å². The molecule has 1 aromatic heterocycles. The van der Waals surface area contributed by atoms with Gasteiger partial charge >= 0.3 is 0 Å². The predicted octanol–water partition coefficient (Wildman–Crippen LogP) is 1.41. The van der Waals surface area contributed by atoms with Crippen LogP contribution in [-0.2, 0) is 9.53 Å². The Labute approximate surface area is 93.2 Å². The lowest BCUT2D eigenvalue weighted by Gasteiger charge is -2.00. The Kier molecular flexibility index (Phi) is 2.47. The minimum atomic E-state index is -0.149. The molecule has 2 atom stereocenters. The average Bonchev–Trinajstić information content (AvgIpc) is 2.96. The lowest BCUT2D eigenvalue weighted by Crippen LogP contribution is -2.05. The molecule has 0 radical (unpaired) electrons. The third-order valence-corrected chi connectivity index (χ3v) is 3.36. The first-order valence-electron chi connectivity index (χ1n) is 5.78. The van der Waals surface area contributed by atoms with Crippen molar-refractivity contribution >= 4 is 5.78 Å². The van der Waals surface area contributed by atoms with Crippen LogP contribution >= 0.6 is 0 Å². The van der Waals surface area contributed by atoms with Gasteiger partial charge in [0.1, 0.15) is 5.78 Å². The molecule has 86 valence electrons. The standard InChI is InChI=1S/C11H14N2O3/c14-9-3-1-2-8(9)11-12-10(13-16-11)7-4-5-15-6-7/h7-8H,1-6H2. The molecular weight excluding hydrogens is 208 g/mol. The van der Waals surface area contributed by atoms with E-state index >= 15 is 0 Å². The van der Waals surface area contributed by atoms with Crippen LogP contribution in [0.25, 0.3) is 0 Å². The third kappa shape index (κ3) is 1.65. The Bertz CT molecular complexity index is 396. The van der Waals surface area contributed by atoms with E-state index in [1.165, 1.54) is 0 Å². The van der Waals surface area contributed by atoms with Gasteiger partial charge in [0.25, 0.3) is 0 Å². The number of ketones is 1. The minimum absolute atomic E-state index is 0.149. The Morgan fingerprint density at radius 1 is 1.31 bits per heavy atom. The van der Waals surface area contributed by atoms with E-state index in [0.717, 1.165) is 25.9 Å². The fourth-order valence-electron chi connectivity index (χ4n) is 2.37. The summed E-state index contributed by atoms with van der Waals surface area (Å²) in [6, 6.07) is 0. The van der Waals surface area contributed by atoms with Gasteiger partial charge in [-0.1, -0.05) is 5.16 Å². The molecule has 2 unspecified atom stereocenters. The minimum Gasteiger partial charge on any atom is -0.381 e. The van der Waals surface area contributed by atoms with Crippen LogP contribution in [0.1, 0.15) is 49.2 Å². The van der Waals surface area contributed by atoms with Gasteiger partial charge in [-0.05, 0) is 19.3 Å². The van der Waals surface area contributed by atoms with Gasteiger partial charge in [-0.15, -0.1) is 0 Å². The molecule has 16 heavy (non-hydrogen) atoms. The maximum absolute atomic E-state index is 11.6. The van der Waals surface area contributed by atoms with E-state index in [1.807, 2.05) is 0 Å². The highest BCUT2D eigenvalue weighted by atomic mass is 16.5. The largest absolute Gasteiger partial charge is 0.381 e. The zero-order chi connectivity index (χ0) is 11.0. The molecule has 0 bridgehead atoms. The van der Waals surface area contributed by atoms with Crippen molar-refractivity contribution in [1.29, 1.82) is 0 Å². The SMILES string of the molecule is O=C1CCCC1c1nc(C2CCOC2)no1. The normalized spacial score (nSPS) is 30.1. The second-order valence-electron chi connectivity index (χ2n) is 4.46. The monoisotopic (exact) mass is 222 g/mol. The molecule has 1 saturated heterocycles. The van der Waals surface area contributed by atoms with Crippen molar-refractivity contribution in [2.75, 3.05) is 13.2 Å². The Hall–Kier alpha value is -1.23. The van der Waals surface area contributed by atoms with Gasteiger partial charge in [-0.2, -0.15) is 4.98 Å². The number of hydrogen-bond donors (Lipinski definition) is 0. The molecule has 1 saturated carbocycles. The van der Waals surface area contributed by atoms with Crippen LogP contribution in [-0.4, -0.2) is 29.1 Å². The lowest BCUT2D eigenvalue weighted by molar-refractivity contribution is -0.119. The lowest BCUT2D eigenvalue weighted by atomic mass is 10.1. The van der Waals surface area contributed by atoms with Crippen LogP contribution in [0.4, 0.5) is 0 Å². The summed E-state index contributed by atoms with van der Waals surface area (Å²) in [7, 11) is 0. The highest BCUT2D eigenvalue weighted by molar-refractivity contribution is 5.86. The quantitative estimate of drug-likeness (QED) is 0.757. The maximum atomic E-state index is 11.6. The number of ether oxygens (including phenoxy) is 1. The molecule has 3 rings (SSSR count). The summed E-state index contributed by atoms with van der Waals surface area (Å²) in [6.45, 7) is 1.43. The molecule has 1 aromatic rings. The molecule has 5 nitrogen and oxygen atoms in total. The highest BCUT2D eigenvalue weighted by Crippen LogP contribution is 2.31.